The highest BCUT2D eigenvalue weighted by Crippen LogP contribution is 2.22. The van der Waals surface area contributed by atoms with Crippen LogP contribution in [0.2, 0.25) is 0 Å². The first kappa shape index (κ1) is 15.1. The molecule has 118 valence electrons. The molecule has 0 aliphatic carbocycles. The Morgan fingerprint density at radius 1 is 1.27 bits per heavy atom. The molecule has 0 amide bonds. The van der Waals surface area contributed by atoms with Crippen LogP contribution in [0.25, 0.3) is 5.69 Å². The van der Waals surface area contributed by atoms with Crippen molar-refractivity contribution < 1.29 is 8.42 Å². The number of tetrazole rings is 1. The molecule has 8 nitrogen and oxygen atoms in total. The van der Waals surface area contributed by atoms with Gasteiger partial charge in [-0.2, -0.15) is 4.31 Å². The number of sulfonamides is 1. The van der Waals surface area contributed by atoms with Crippen molar-refractivity contribution in [2.45, 2.75) is 23.8 Å². The first-order valence-corrected chi connectivity index (χ1v) is 8.56. The lowest BCUT2D eigenvalue weighted by Crippen LogP contribution is -2.43. The minimum Gasteiger partial charge on any atom is -0.317 e. The molecule has 1 N–H and O–H groups in total. The van der Waals surface area contributed by atoms with Gasteiger partial charge in [-0.1, -0.05) is 6.07 Å². The molecule has 0 unspecified atom stereocenters. The van der Waals surface area contributed by atoms with Crippen molar-refractivity contribution in [1.29, 1.82) is 0 Å². The number of benzene rings is 1. The van der Waals surface area contributed by atoms with Crippen LogP contribution in [0.1, 0.15) is 12.8 Å². The molecule has 0 radical (unpaired) electrons. The fourth-order valence-electron chi connectivity index (χ4n) is 2.60. The Hall–Kier alpha value is -1.84. The third-order valence-corrected chi connectivity index (χ3v) is 5.83. The van der Waals surface area contributed by atoms with E-state index in [1.54, 1.807) is 28.6 Å². The second kappa shape index (κ2) is 6.11. The average Bonchev–Trinajstić information content (AvgIpc) is 3.09. The molecule has 0 atom stereocenters. The van der Waals surface area contributed by atoms with Crippen LogP contribution >= 0.6 is 0 Å². The third-order valence-electron chi connectivity index (χ3n) is 3.93. The SMILES string of the molecule is CNC1CCN(S(=O)(=O)c2cccc(-n3cnnn3)c2)CC1. The Morgan fingerprint density at radius 2 is 2.05 bits per heavy atom. The lowest BCUT2D eigenvalue weighted by atomic mass is 10.1. The van der Waals surface area contributed by atoms with E-state index < -0.39 is 10.0 Å². The van der Waals surface area contributed by atoms with Crippen LogP contribution in [0.4, 0.5) is 0 Å². The van der Waals surface area contributed by atoms with E-state index in [9.17, 15) is 8.42 Å². The fourth-order valence-corrected chi connectivity index (χ4v) is 4.11. The van der Waals surface area contributed by atoms with Crippen LogP contribution in [0, 0.1) is 0 Å². The molecular weight excluding hydrogens is 304 g/mol. The molecule has 1 aliphatic heterocycles. The highest BCUT2D eigenvalue weighted by Gasteiger charge is 2.29. The summed E-state index contributed by atoms with van der Waals surface area (Å²) in [6.07, 6.45) is 3.08. The monoisotopic (exact) mass is 322 g/mol. The van der Waals surface area contributed by atoms with E-state index in [1.165, 1.54) is 11.0 Å². The van der Waals surface area contributed by atoms with Crippen LogP contribution < -0.4 is 5.32 Å². The normalized spacial score (nSPS) is 17.7. The second-order valence-electron chi connectivity index (χ2n) is 5.22. The molecule has 1 saturated heterocycles. The molecule has 9 heteroatoms. The Labute approximate surface area is 129 Å². The number of aromatic nitrogens is 4. The summed E-state index contributed by atoms with van der Waals surface area (Å²) in [4.78, 5) is 0.267. The van der Waals surface area contributed by atoms with Crippen molar-refractivity contribution >= 4 is 10.0 Å². The van der Waals surface area contributed by atoms with Gasteiger partial charge in [0.05, 0.1) is 10.6 Å². The van der Waals surface area contributed by atoms with Crippen LogP contribution in [0.5, 0.6) is 0 Å². The fraction of sp³-hybridized carbons (Fsp3) is 0.462. The molecule has 2 heterocycles. The maximum atomic E-state index is 12.7. The van der Waals surface area contributed by atoms with Gasteiger partial charge in [0, 0.05) is 19.1 Å². The first-order valence-electron chi connectivity index (χ1n) is 7.12. The van der Waals surface area contributed by atoms with Crippen LogP contribution in [-0.4, -0.2) is 59.1 Å². The van der Waals surface area contributed by atoms with Crippen molar-refractivity contribution in [3.63, 3.8) is 0 Å². The van der Waals surface area contributed by atoms with E-state index in [2.05, 4.69) is 20.8 Å². The van der Waals surface area contributed by atoms with Gasteiger partial charge in [0.25, 0.3) is 0 Å². The molecule has 0 spiro atoms. The van der Waals surface area contributed by atoms with Gasteiger partial charge in [-0.3, -0.25) is 0 Å². The quantitative estimate of drug-likeness (QED) is 0.854. The Morgan fingerprint density at radius 3 is 2.68 bits per heavy atom. The number of nitrogens with zero attached hydrogens (tertiary/aromatic N) is 5. The number of rotatable bonds is 4. The highest BCUT2D eigenvalue weighted by molar-refractivity contribution is 7.89. The molecule has 3 rings (SSSR count). The molecule has 1 aliphatic rings. The van der Waals surface area contributed by atoms with Crippen LogP contribution in [0.15, 0.2) is 35.5 Å². The van der Waals surface area contributed by atoms with Gasteiger partial charge in [-0.15, -0.1) is 5.10 Å². The highest BCUT2D eigenvalue weighted by atomic mass is 32.2. The average molecular weight is 322 g/mol. The van der Waals surface area contributed by atoms with E-state index in [0.717, 1.165) is 12.8 Å². The number of piperidine rings is 1. The summed E-state index contributed by atoms with van der Waals surface area (Å²) < 4.78 is 28.5. The summed E-state index contributed by atoms with van der Waals surface area (Å²) in [6.45, 7) is 1.06. The molecule has 1 fully saturated rings. The summed E-state index contributed by atoms with van der Waals surface area (Å²) in [5.41, 5.74) is 0.621. The standard InChI is InChI=1S/C13H18N6O2S/c1-14-11-5-7-18(8-6-11)22(20,21)13-4-2-3-12(9-13)19-10-15-16-17-19/h2-4,9-11,14H,5-8H2,1H3. The zero-order chi connectivity index (χ0) is 15.6. The molecular formula is C13H18N6O2S. The van der Waals surface area contributed by atoms with E-state index in [4.69, 9.17) is 0 Å². The summed E-state index contributed by atoms with van der Waals surface area (Å²) in [5.74, 6) is 0. The number of hydrogen-bond donors (Lipinski definition) is 1. The Bertz CT molecular complexity index is 723. The van der Waals surface area contributed by atoms with Crippen LogP contribution in [-0.2, 0) is 10.0 Å². The van der Waals surface area contributed by atoms with Crippen molar-refractivity contribution in [3.05, 3.63) is 30.6 Å². The van der Waals surface area contributed by atoms with Gasteiger partial charge >= 0.3 is 0 Å². The van der Waals surface area contributed by atoms with Crippen molar-refractivity contribution in [2.24, 2.45) is 0 Å². The summed E-state index contributed by atoms with van der Waals surface area (Å²) in [6, 6.07) is 7.05. The molecule has 22 heavy (non-hydrogen) atoms. The predicted octanol–water partition coefficient (Wildman–Crippen LogP) is 0.0348. The number of hydrogen-bond acceptors (Lipinski definition) is 6. The van der Waals surface area contributed by atoms with E-state index >= 15 is 0 Å². The molecule has 0 bridgehead atoms. The topological polar surface area (TPSA) is 93.0 Å². The van der Waals surface area contributed by atoms with Crippen molar-refractivity contribution in [2.75, 3.05) is 20.1 Å². The molecule has 2 aromatic rings. The van der Waals surface area contributed by atoms with Gasteiger partial charge in [0.2, 0.25) is 10.0 Å². The van der Waals surface area contributed by atoms with Crippen LogP contribution in [0.3, 0.4) is 0 Å². The number of nitrogens with one attached hydrogen (secondary N) is 1. The zero-order valence-electron chi connectivity index (χ0n) is 12.3. The molecule has 1 aromatic carbocycles. The van der Waals surface area contributed by atoms with Gasteiger partial charge < -0.3 is 5.32 Å². The van der Waals surface area contributed by atoms with E-state index in [1.807, 2.05) is 7.05 Å². The summed E-state index contributed by atoms with van der Waals surface area (Å²) in [5, 5.41) is 14.1. The molecule has 1 aromatic heterocycles. The Kier molecular flexibility index (Phi) is 4.19. The van der Waals surface area contributed by atoms with Gasteiger partial charge in [0.15, 0.2) is 0 Å². The largest absolute Gasteiger partial charge is 0.317 e. The second-order valence-corrected chi connectivity index (χ2v) is 7.16. The molecule has 0 saturated carbocycles. The third kappa shape index (κ3) is 2.87. The zero-order valence-corrected chi connectivity index (χ0v) is 13.1. The maximum absolute atomic E-state index is 12.7. The van der Waals surface area contributed by atoms with Gasteiger partial charge in [0.1, 0.15) is 6.33 Å². The van der Waals surface area contributed by atoms with Crippen molar-refractivity contribution in [1.82, 2.24) is 29.8 Å². The van der Waals surface area contributed by atoms with E-state index in [0.29, 0.717) is 24.8 Å². The van der Waals surface area contributed by atoms with E-state index in [-0.39, 0.29) is 4.90 Å². The minimum atomic E-state index is -3.48. The lowest BCUT2D eigenvalue weighted by Gasteiger charge is -2.31. The predicted molar refractivity (Wildman–Crippen MR) is 80.0 cm³/mol. The smallest absolute Gasteiger partial charge is 0.243 e. The first-order chi connectivity index (χ1) is 10.6. The summed E-state index contributed by atoms with van der Waals surface area (Å²) >= 11 is 0. The van der Waals surface area contributed by atoms with Crippen molar-refractivity contribution in [3.8, 4) is 5.69 Å². The van der Waals surface area contributed by atoms with Gasteiger partial charge in [-0.05, 0) is 48.5 Å². The lowest BCUT2D eigenvalue weighted by molar-refractivity contribution is 0.298. The maximum Gasteiger partial charge on any atom is 0.243 e. The minimum absolute atomic E-state index is 0.267. The summed E-state index contributed by atoms with van der Waals surface area (Å²) in [7, 11) is -1.58. The Balaban J connectivity index is 1.85. The van der Waals surface area contributed by atoms with Gasteiger partial charge in [-0.25, -0.2) is 13.1 Å².